The highest BCUT2D eigenvalue weighted by Crippen LogP contribution is 2.21. The second-order valence-electron chi connectivity index (χ2n) is 4.87. The summed E-state index contributed by atoms with van der Waals surface area (Å²) in [5, 5.41) is 0. The summed E-state index contributed by atoms with van der Waals surface area (Å²) in [6, 6.07) is 3.46. The van der Waals surface area contributed by atoms with E-state index in [9.17, 15) is 17.1 Å². The van der Waals surface area contributed by atoms with E-state index in [1.165, 1.54) is 6.07 Å². The van der Waals surface area contributed by atoms with Gasteiger partial charge in [0.2, 0.25) is 0 Å². The molecule has 0 atom stereocenters. The van der Waals surface area contributed by atoms with Crippen molar-refractivity contribution >= 4 is 16.5 Å². The summed E-state index contributed by atoms with van der Waals surface area (Å²) in [5.74, 6) is 1.08. The van der Waals surface area contributed by atoms with Crippen LogP contribution in [-0.4, -0.2) is 20.0 Å². The smallest absolute Gasteiger partial charge is 0.456 e. The lowest BCUT2D eigenvalue weighted by Crippen LogP contribution is -2.24. The molecule has 0 saturated heterocycles. The maximum absolute atomic E-state index is 12.5. The van der Waals surface area contributed by atoms with Crippen LogP contribution in [0.4, 0.5) is 3.89 Å². The number of terminal acetylenes is 1. The Hall–Kier alpha value is -2.07. The number of halogens is 1. The van der Waals surface area contributed by atoms with Gasteiger partial charge in [0.1, 0.15) is 11.4 Å². The number of rotatable bonds is 3. The van der Waals surface area contributed by atoms with E-state index >= 15 is 0 Å². The van der Waals surface area contributed by atoms with Crippen LogP contribution in [0.3, 0.4) is 0 Å². The molecule has 0 bridgehead atoms. The summed E-state index contributed by atoms with van der Waals surface area (Å²) >= 11 is 0. The zero-order chi connectivity index (χ0) is 15.6. The summed E-state index contributed by atoms with van der Waals surface area (Å²) in [7, 11) is -5.20. The van der Waals surface area contributed by atoms with E-state index in [4.69, 9.17) is 11.2 Å². The Morgan fingerprint density at radius 1 is 1.30 bits per heavy atom. The maximum Gasteiger partial charge on any atom is 0.488 e. The molecular weight excluding hydrogens is 287 g/mol. The van der Waals surface area contributed by atoms with Crippen molar-refractivity contribution in [2.75, 3.05) is 0 Å². The van der Waals surface area contributed by atoms with E-state index in [1.807, 2.05) is 0 Å². The summed E-state index contributed by atoms with van der Waals surface area (Å²) in [4.78, 5) is 11.9. The average molecular weight is 300 g/mol. The number of hydrogen-bond acceptors (Lipinski definition) is 5. The number of ether oxygens (including phenoxy) is 1. The van der Waals surface area contributed by atoms with Crippen molar-refractivity contribution in [3.8, 4) is 18.1 Å². The van der Waals surface area contributed by atoms with Gasteiger partial charge in [0.05, 0.1) is 5.56 Å². The summed E-state index contributed by atoms with van der Waals surface area (Å²) in [5.41, 5.74) is -0.614. The lowest BCUT2D eigenvalue weighted by atomic mass is 10.1. The molecular formula is C13H13FO5S. The highest BCUT2D eigenvalue weighted by molar-refractivity contribution is 7.81. The molecule has 0 aliphatic heterocycles. The highest BCUT2D eigenvalue weighted by Gasteiger charge is 2.20. The Morgan fingerprint density at radius 2 is 1.90 bits per heavy atom. The molecule has 0 radical (unpaired) electrons. The third-order valence-corrected chi connectivity index (χ3v) is 2.30. The van der Waals surface area contributed by atoms with Gasteiger partial charge in [-0.3, -0.25) is 0 Å². The molecule has 1 aromatic carbocycles. The predicted octanol–water partition coefficient (Wildman–Crippen LogP) is 2.22. The molecule has 1 rings (SSSR count). The van der Waals surface area contributed by atoms with E-state index in [0.717, 1.165) is 12.1 Å². The van der Waals surface area contributed by atoms with Crippen LogP contribution in [-0.2, 0) is 15.2 Å². The molecule has 5 nitrogen and oxygen atoms in total. The van der Waals surface area contributed by atoms with Crippen molar-refractivity contribution in [2.24, 2.45) is 0 Å². The minimum absolute atomic E-state index is 0.0333. The molecule has 108 valence electrons. The van der Waals surface area contributed by atoms with Crippen LogP contribution in [0.25, 0.3) is 0 Å². The number of carbonyl (C=O) groups excluding carboxylic acids is 1. The Kier molecular flexibility index (Phi) is 4.40. The molecule has 7 heteroatoms. The zero-order valence-electron chi connectivity index (χ0n) is 11.1. The molecule has 0 spiro atoms. The van der Waals surface area contributed by atoms with Gasteiger partial charge in [-0.15, -0.1) is 6.42 Å². The van der Waals surface area contributed by atoms with Gasteiger partial charge in [-0.1, -0.05) is 9.81 Å². The molecule has 1 aromatic rings. The number of esters is 1. The van der Waals surface area contributed by atoms with Crippen molar-refractivity contribution in [3.63, 3.8) is 0 Å². The van der Waals surface area contributed by atoms with Crippen LogP contribution in [0.5, 0.6) is 5.75 Å². The van der Waals surface area contributed by atoms with Crippen LogP contribution in [0.15, 0.2) is 18.2 Å². The molecule has 0 heterocycles. The first-order valence-corrected chi connectivity index (χ1v) is 6.80. The standard InChI is InChI=1S/C13H13FO5S/c1-5-9-6-10(12(15)18-13(2,3)4)8-11(7-9)19-20(14,16)17/h1,6-8H,2-4H3. The Bertz CT molecular complexity index is 665. The molecule has 0 unspecified atom stereocenters. The largest absolute Gasteiger partial charge is 0.488 e. The minimum Gasteiger partial charge on any atom is -0.456 e. The second kappa shape index (κ2) is 5.51. The molecule has 0 N–H and O–H groups in total. The fourth-order valence-electron chi connectivity index (χ4n) is 1.30. The van der Waals surface area contributed by atoms with Crippen molar-refractivity contribution < 1.29 is 26.0 Å². The van der Waals surface area contributed by atoms with Gasteiger partial charge in [-0.25, -0.2) is 4.79 Å². The van der Waals surface area contributed by atoms with E-state index in [-0.39, 0.29) is 11.1 Å². The third kappa shape index (κ3) is 5.28. The van der Waals surface area contributed by atoms with Crippen molar-refractivity contribution in [1.29, 1.82) is 0 Å². The van der Waals surface area contributed by atoms with Crippen LogP contribution in [0, 0.1) is 12.3 Å². The summed E-state index contributed by atoms with van der Waals surface area (Å²) in [6.07, 6.45) is 5.18. The van der Waals surface area contributed by atoms with E-state index in [1.54, 1.807) is 20.8 Å². The minimum atomic E-state index is -5.20. The van der Waals surface area contributed by atoms with Crippen LogP contribution in [0.2, 0.25) is 0 Å². The molecule has 0 aromatic heterocycles. The van der Waals surface area contributed by atoms with Gasteiger partial charge >= 0.3 is 16.5 Å². The Balaban J connectivity index is 3.18. The molecule has 0 aliphatic rings. The molecule has 0 amide bonds. The lowest BCUT2D eigenvalue weighted by Gasteiger charge is -2.19. The van der Waals surface area contributed by atoms with E-state index < -0.39 is 27.8 Å². The quantitative estimate of drug-likeness (QED) is 0.486. The van der Waals surface area contributed by atoms with Gasteiger partial charge in [0, 0.05) is 5.56 Å². The summed E-state index contributed by atoms with van der Waals surface area (Å²) in [6.45, 7) is 5.00. The monoisotopic (exact) mass is 300 g/mol. The van der Waals surface area contributed by atoms with Crippen LogP contribution in [0.1, 0.15) is 36.7 Å². The summed E-state index contributed by atoms with van der Waals surface area (Å²) < 4.78 is 42.6. The Labute approximate surface area is 117 Å². The lowest BCUT2D eigenvalue weighted by molar-refractivity contribution is 0.00691. The van der Waals surface area contributed by atoms with Crippen molar-refractivity contribution in [3.05, 3.63) is 29.3 Å². The van der Waals surface area contributed by atoms with Gasteiger partial charge in [-0.2, -0.15) is 8.42 Å². The topological polar surface area (TPSA) is 69.7 Å². The molecule has 0 saturated carbocycles. The van der Waals surface area contributed by atoms with Gasteiger partial charge in [-0.05, 0) is 39.0 Å². The normalized spacial score (nSPS) is 11.6. The molecule has 0 fully saturated rings. The number of carbonyl (C=O) groups is 1. The fourth-order valence-corrected chi connectivity index (χ4v) is 1.63. The Morgan fingerprint density at radius 3 is 2.35 bits per heavy atom. The second-order valence-corrected chi connectivity index (χ2v) is 5.82. The molecule has 20 heavy (non-hydrogen) atoms. The first-order chi connectivity index (χ1) is 9.00. The maximum atomic E-state index is 12.5. The van der Waals surface area contributed by atoms with Gasteiger partial charge < -0.3 is 8.92 Å². The fraction of sp³-hybridized carbons (Fsp3) is 0.308. The third-order valence-electron chi connectivity index (χ3n) is 1.90. The van der Waals surface area contributed by atoms with Crippen molar-refractivity contribution in [2.45, 2.75) is 26.4 Å². The number of hydrogen-bond donors (Lipinski definition) is 0. The van der Waals surface area contributed by atoms with Gasteiger partial charge in [0.15, 0.2) is 0 Å². The first-order valence-electron chi connectivity index (χ1n) is 5.49. The van der Waals surface area contributed by atoms with E-state index in [2.05, 4.69) is 10.1 Å². The van der Waals surface area contributed by atoms with Crippen LogP contribution >= 0.6 is 0 Å². The van der Waals surface area contributed by atoms with E-state index in [0.29, 0.717) is 0 Å². The SMILES string of the molecule is C#Cc1cc(OS(=O)(=O)F)cc(C(=O)OC(C)(C)C)c1. The predicted molar refractivity (Wildman–Crippen MR) is 70.2 cm³/mol. The highest BCUT2D eigenvalue weighted by atomic mass is 32.3. The average Bonchev–Trinajstić information content (AvgIpc) is 2.23. The molecule has 0 aliphatic carbocycles. The van der Waals surface area contributed by atoms with Crippen LogP contribution < -0.4 is 4.18 Å². The van der Waals surface area contributed by atoms with Gasteiger partial charge in [0.25, 0.3) is 0 Å². The first kappa shape index (κ1) is 16.0. The number of benzene rings is 1. The van der Waals surface area contributed by atoms with Crippen molar-refractivity contribution in [1.82, 2.24) is 0 Å². The zero-order valence-corrected chi connectivity index (χ0v) is 12.0.